The van der Waals surface area contributed by atoms with Gasteiger partial charge in [0.15, 0.2) is 17.1 Å². The third-order valence-corrected chi connectivity index (χ3v) is 10.1. The number of methoxy groups -OCH3 is 1. The zero-order valence-electron chi connectivity index (χ0n) is 30.3. The van der Waals surface area contributed by atoms with Crippen molar-refractivity contribution in [2.75, 3.05) is 33.4 Å². The van der Waals surface area contributed by atoms with Crippen LogP contribution in [0.5, 0.6) is 0 Å². The normalized spacial score (nSPS) is 15.0. The van der Waals surface area contributed by atoms with Gasteiger partial charge in [0.05, 0.1) is 22.7 Å². The molecule has 5 aromatic rings. The van der Waals surface area contributed by atoms with E-state index in [0.717, 1.165) is 49.5 Å². The Morgan fingerprint density at radius 2 is 1.62 bits per heavy atom. The lowest BCUT2D eigenvalue weighted by Gasteiger charge is -2.39. The molecule has 4 aromatic carbocycles. The monoisotopic (exact) mass is 737 g/mol. The van der Waals surface area contributed by atoms with E-state index in [1.165, 1.54) is 24.3 Å². The number of amides is 1. The summed E-state index contributed by atoms with van der Waals surface area (Å²) >= 11 is 0.518. The zero-order valence-corrected chi connectivity index (χ0v) is 29.2. The molecule has 52 heavy (non-hydrogen) atoms. The molecule has 6 nitrogen and oxygen atoms in total. The maximum atomic E-state index is 14.8. The van der Waals surface area contributed by atoms with Crippen molar-refractivity contribution >= 4 is 28.6 Å². The van der Waals surface area contributed by atoms with Crippen LogP contribution in [0.1, 0.15) is 32.3 Å². The van der Waals surface area contributed by atoms with Crippen LogP contribution in [0.25, 0.3) is 22.0 Å². The summed E-state index contributed by atoms with van der Waals surface area (Å²) in [6.07, 6.45) is -3.09. The molecule has 0 spiro atoms. The number of pyridine rings is 1. The summed E-state index contributed by atoms with van der Waals surface area (Å²) in [6.45, 7) is 2.72. The van der Waals surface area contributed by atoms with Gasteiger partial charge in [0.25, 0.3) is 0 Å². The quantitative estimate of drug-likeness (QED) is 0.0952. The molecule has 12 heteroatoms. The molecule has 0 unspecified atom stereocenters. The zero-order chi connectivity index (χ0) is 38.6. The summed E-state index contributed by atoms with van der Waals surface area (Å²) in [7, 11) is 1.64. The van der Waals surface area contributed by atoms with Crippen LogP contribution in [0.3, 0.4) is 0 Å². The minimum absolute atomic E-state index is 0.0657. The first-order valence-corrected chi connectivity index (χ1v) is 17.6. The largest absolute Gasteiger partial charge is 0.416 e. The standard InChI is InChI=1S/C40H38F5N3O3S/c1-51-22-21-46-19-17-32(18-20-46)47(24-27-9-11-28(12-10-27)29-13-15-31(16-14-29)40(43,44)45)37(50)25-48-35-8-3-2-6-33(35)36(49)23-38(48)52-26-30-5-4-7-34(41)39(30)42/h2-16,23,32H,17-22,24-26H2,1H3/i26D2. The average molecular weight is 738 g/mol. The number of aromatic nitrogens is 1. The minimum atomic E-state index is -4.44. The summed E-state index contributed by atoms with van der Waals surface area (Å²) in [6, 6.07) is 23.1. The number of hydrogen-bond donors (Lipinski definition) is 0. The molecule has 0 saturated carbocycles. The number of alkyl halides is 3. The number of nitrogens with zero attached hydrogens (tertiary/aromatic N) is 3. The molecule has 1 aliphatic heterocycles. The second-order valence-corrected chi connectivity index (χ2v) is 13.4. The number of hydrogen-bond acceptors (Lipinski definition) is 5. The van der Waals surface area contributed by atoms with Gasteiger partial charge < -0.3 is 19.1 Å². The number of thioether (sulfide) groups is 1. The van der Waals surface area contributed by atoms with Crippen LogP contribution in [0.15, 0.2) is 107 Å². The summed E-state index contributed by atoms with van der Waals surface area (Å²) < 4.78 is 92.6. The van der Waals surface area contributed by atoms with Crippen LogP contribution >= 0.6 is 11.8 Å². The van der Waals surface area contributed by atoms with Gasteiger partial charge in [-0.1, -0.05) is 60.7 Å². The molecule has 1 fully saturated rings. The lowest BCUT2D eigenvalue weighted by atomic mass is 10.00. The van der Waals surface area contributed by atoms with E-state index in [2.05, 4.69) is 4.90 Å². The average Bonchev–Trinajstić information content (AvgIpc) is 3.15. The Kier molecular flexibility index (Phi) is 10.9. The molecule has 272 valence electrons. The molecule has 1 amide bonds. The van der Waals surface area contributed by atoms with Gasteiger partial charge in [-0.15, -0.1) is 11.8 Å². The van der Waals surface area contributed by atoms with Gasteiger partial charge >= 0.3 is 6.18 Å². The first-order chi connectivity index (χ1) is 25.7. The predicted molar refractivity (Wildman–Crippen MR) is 193 cm³/mol. The van der Waals surface area contributed by atoms with E-state index in [4.69, 9.17) is 7.48 Å². The topological polar surface area (TPSA) is 54.8 Å². The summed E-state index contributed by atoms with van der Waals surface area (Å²) in [5, 5.41) is 0.375. The number of halogens is 5. The third kappa shape index (κ3) is 8.74. The Labute approximate surface area is 305 Å². The van der Waals surface area contributed by atoms with E-state index in [1.807, 2.05) is 12.1 Å². The Balaban J connectivity index is 1.32. The van der Waals surface area contributed by atoms with Gasteiger partial charge in [-0.2, -0.15) is 13.2 Å². The maximum absolute atomic E-state index is 14.8. The van der Waals surface area contributed by atoms with E-state index >= 15 is 0 Å². The van der Waals surface area contributed by atoms with Crippen molar-refractivity contribution in [1.29, 1.82) is 0 Å². The molecule has 0 atom stereocenters. The van der Waals surface area contributed by atoms with Crippen LogP contribution < -0.4 is 5.43 Å². The number of carbonyl (C=O) groups is 1. The molecule has 1 aromatic heterocycles. The second kappa shape index (κ2) is 16.4. The number of fused-ring (bicyclic) bond motifs is 1. The van der Waals surface area contributed by atoms with Crippen molar-refractivity contribution in [3.63, 3.8) is 0 Å². The molecular formula is C40H38F5N3O3S. The molecule has 0 aliphatic carbocycles. The van der Waals surface area contributed by atoms with Crippen LogP contribution in [0.2, 0.25) is 0 Å². The minimum Gasteiger partial charge on any atom is -0.383 e. The SMILES string of the molecule is [2H]C([2H])(Sc1cc(=O)c2ccccc2n1CC(=O)N(Cc1ccc(-c2ccc(C(F)(F)F)cc2)cc1)C1CCN(CCOC)CC1)c1cccc(F)c1F. The highest BCUT2D eigenvalue weighted by atomic mass is 32.2. The van der Waals surface area contributed by atoms with Crippen LogP contribution in [-0.2, 0) is 34.5 Å². The maximum Gasteiger partial charge on any atom is 0.416 e. The smallest absolute Gasteiger partial charge is 0.383 e. The number of carbonyl (C=O) groups excluding carboxylic acids is 1. The summed E-state index contributed by atoms with van der Waals surface area (Å²) in [5.41, 5.74) is -1.71. The third-order valence-electron chi connectivity index (χ3n) is 9.27. The van der Waals surface area contributed by atoms with E-state index in [-0.39, 0.29) is 30.1 Å². The number of rotatable bonds is 12. The number of benzene rings is 4. The number of para-hydroxylation sites is 1. The fraction of sp³-hybridized carbons (Fsp3) is 0.300. The van der Waals surface area contributed by atoms with E-state index < -0.39 is 40.1 Å². The Morgan fingerprint density at radius 1 is 0.942 bits per heavy atom. The molecule has 0 bridgehead atoms. The fourth-order valence-electron chi connectivity index (χ4n) is 6.41. The molecule has 1 saturated heterocycles. The van der Waals surface area contributed by atoms with Gasteiger partial charge in [-0.05, 0) is 59.9 Å². The van der Waals surface area contributed by atoms with Crippen LogP contribution in [0, 0.1) is 11.6 Å². The molecule has 0 N–H and O–H groups in total. The van der Waals surface area contributed by atoms with E-state index in [0.29, 0.717) is 53.2 Å². The molecule has 2 heterocycles. The van der Waals surface area contributed by atoms with Gasteiger partial charge in [-0.3, -0.25) is 9.59 Å². The first-order valence-electron chi connectivity index (χ1n) is 17.8. The Morgan fingerprint density at radius 3 is 2.29 bits per heavy atom. The lowest BCUT2D eigenvalue weighted by Crippen LogP contribution is -2.48. The predicted octanol–water partition coefficient (Wildman–Crippen LogP) is 8.40. The fourth-order valence-corrected chi connectivity index (χ4v) is 7.23. The summed E-state index contributed by atoms with van der Waals surface area (Å²) in [4.78, 5) is 31.9. The molecular weight excluding hydrogens is 698 g/mol. The van der Waals surface area contributed by atoms with Crippen LogP contribution in [-0.4, -0.2) is 59.7 Å². The molecule has 0 radical (unpaired) electrons. The highest BCUT2D eigenvalue weighted by Crippen LogP contribution is 2.32. The van der Waals surface area contributed by atoms with Crippen molar-refractivity contribution in [1.82, 2.24) is 14.4 Å². The van der Waals surface area contributed by atoms with Crippen molar-refractivity contribution in [2.45, 2.75) is 48.9 Å². The number of piperidine rings is 1. The van der Waals surface area contributed by atoms with Crippen molar-refractivity contribution in [2.24, 2.45) is 0 Å². The highest BCUT2D eigenvalue weighted by Gasteiger charge is 2.31. The van der Waals surface area contributed by atoms with Gasteiger partial charge in [-0.25, -0.2) is 8.78 Å². The van der Waals surface area contributed by atoms with E-state index in [9.17, 15) is 31.5 Å². The van der Waals surface area contributed by atoms with Gasteiger partial charge in [0.2, 0.25) is 5.91 Å². The molecule has 6 rings (SSSR count). The Bertz CT molecular complexity index is 2160. The van der Waals surface area contributed by atoms with Crippen molar-refractivity contribution in [3.05, 3.63) is 136 Å². The van der Waals surface area contributed by atoms with Gasteiger partial charge in [0, 0.05) is 64.8 Å². The first kappa shape index (κ1) is 34.6. The van der Waals surface area contributed by atoms with Crippen molar-refractivity contribution in [3.8, 4) is 11.1 Å². The van der Waals surface area contributed by atoms with E-state index in [1.54, 1.807) is 53.0 Å². The lowest BCUT2D eigenvalue weighted by molar-refractivity contribution is -0.137. The number of likely N-dealkylation sites (tertiary alicyclic amines) is 1. The summed E-state index contributed by atoms with van der Waals surface area (Å²) in [5.74, 6) is -2.85. The van der Waals surface area contributed by atoms with Crippen LogP contribution in [0.4, 0.5) is 22.0 Å². The van der Waals surface area contributed by atoms with Gasteiger partial charge in [0.1, 0.15) is 6.54 Å². The number of ether oxygens (including phenoxy) is 1. The molecule has 1 aliphatic rings. The second-order valence-electron chi connectivity index (χ2n) is 12.6. The highest BCUT2D eigenvalue weighted by molar-refractivity contribution is 7.98. The van der Waals surface area contributed by atoms with Crippen molar-refractivity contribution < 1.29 is 34.2 Å². The Hall–Kier alpha value is -4.52.